The first-order valence-corrected chi connectivity index (χ1v) is 10.8. The predicted molar refractivity (Wildman–Crippen MR) is 132 cm³/mol. The molecule has 11 heteroatoms. The van der Waals surface area contributed by atoms with E-state index in [0.717, 1.165) is 21.8 Å². The minimum atomic E-state index is -0.747. The molecule has 2 aromatic carbocycles. The summed E-state index contributed by atoms with van der Waals surface area (Å²) in [6.07, 6.45) is 1.54. The summed E-state index contributed by atoms with van der Waals surface area (Å²) < 4.78 is 0. The molecule has 11 nitrogen and oxygen atoms in total. The van der Waals surface area contributed by atoms with Gasteiger partial charge in [0.1, 0.15) is 6.29 Å². The van der Waals surface area contributed by atoms with Crippen LogP contribution in [0.1, 0.15) is 17.5 Å². The fourth-order valence-corrected chi connectivity index (χ4v) is 3.54. The van der Waals surface area contributed by atoms with Crippen LogP contribution in [-0.4, -0.2) is 60.2 Å². The molecule has 0 aliphatic heterocycles. The van der Waals surface area contributed by atoms with Crippen molar-refractivity contribution in [3.63, 3.8) is 0 Å². The van der Waals surface area contributed by atoms with Crippen molar-refractivity contribution in [1.29, 1.82) is 0 Å². The molecule has 0 spiro atoms. The first-order valence-electron chi connectivity index (χ1n) is 10.8. The Kier molecular flexibility index (Phi) is 8.04. The number of carbonyl (C=O) groups excluding carboxylic acids is 2. The van der Waals surface area contributed by atoms with Crippen LogP contribution in [-0.2, 0) is 22.6 Å². The number of hydrazone groups is 1. The van der Waals surface area contributed by atoms with E-state index in [0.29, 0.717) is 36.7 Å². The molecule has 0 radical (unpaired) electrons. The van der Waals surface area contributed by atoms with Gasteiger partial charge in [0.15, 0.2) is 0 Å². The minimum absolute atomic E-state index is 0.0527. The lowest BCUT2D eigenvalue weighted by atomic mass is 10.0. The van der Waals surface area contributed by atoms with E-state index in [1.807, 2.05) is 61.5 Å². The number of aromatic amines is 2. The molecule has 1 atom stereocenters. The van der Waals surface area contributed by atoms with Gasteiger partial charge in [0.25, 0.3) is 5.91 Å². The molecule has 0 unspecified atom stereocenters. The second kappa shape index (κ2) is 11.1. The van der Waals surface area contributed by atoms with Crippen LogP contribution >= 0.6 is 0 Å². The number of rotatable bonds is 9. The lowest BCUT2D eigenvalue weighted by molar-refractivity contribution is -0.119. The van der Waals surface area contributed by atoms with E-state index in [4.69, 9.17) is 5.84 Å². The molecular weight excluding hydrogens is 436 g/mol. The Morgan fingerprint density at radius 3 is 2.44 bits per heavy atom. The number of aromatic nitrogens is 2. The number of hydrogen-bond acceptors (Lipinski definition) is 7. The number of amides is 1. The maximum absolute atomic E-state index is 12.7. The van der Waals surface area contributed by atoms with Crippen molar-refractivity contribution in [1.82, 2.24) is 25.7 Å². The normalized spacial score (nSPS) is 12.3. The number of nitrogens with two attached hydrogens (primary N) is 1. The Balaban J connectivity index is 1.67. The monoisotopic (exact) mass is 466 g/mol. The van der Waals surface area contributed by atoms with Crippen LogP contribution in [0.5, 0.6) is 0 Å². The summed E-state index contributed by atoms with van der Waals surface area (Å²) in [7, 11) is 5.29. The molecule has 0 saturated heterocycles. The smallest absolute Gasteiger partial charge is 0.323 e. The lowest BCUT2D eigenvalue weighted by Gasteiger charge is -2.20. The van der Waals surface area contributed by atoms with Gasteiger partial charge >= 0.3 is 5.69 Å². The third kappa shape index (κ3) is 6.23. The number of aryl methyl sites for hydroxylation is 1. The number of nitrogens with one attached hydrogen (secondary N) is 4. The van der Waals surface area contributed by atoms with Crippen molar-refractivity contribution in [2.45, 2.75) is 25.4 Å². The Morgan fingerprint density at radius 2 is 1.82 bits per heavy atom. The molecule has 0 aliphatic carbocycles. The summed E-state index contributed by atoms with van der Waals surface area (Å²) >= 11 is 0. The molecule has 6 N–H and O–H groups in total. The Labute approximate surface area is 197 Å². The molecular formula is C23H30N8O3. The SMILES string of the molecule is CN(N)/C(=N\NCc1ccccc1)C(=O)N[C@H](C=O)CCc1cc2[nH]c(=O)[nH]c2cc1N(C)C. The van der Waals surface area contributed by atoms with Crippen LogP contribution in [0.25, 0.3) is 11.0 Å². The molecule has 1 amide bonds. The third-order valence-corrected chi connectivity index (χ3v) is 5.25. The number of aldehydes is 1. The van der Waals surface area contributed by atoms with Gasteiger partial charge in [-0.1, -0.05) is 30.3 Å². The summed E-state index contributed by atoms with van der Waals surface area (Å²) in [5.74, 6) is 5.16. The van der Waals surface area contributed by atoms with Crippen molar-refractivity contribution in [3.05, 3.63) is 64.1 Å². The highest BCUT2D eigenvalue weighted by molar-refractivity contribution is 6.37. The van der Waals surface area contributed by atoms with Crippen LogP contribution < -0.4 is 27.2 Å². The van der Waals surface area contributed by atoms with Gasteiger partial charge in [-0.15, -0.1) is 0 Å². The minimum Gasteiger partial charge on any atom is -0.377 e. The zero-order valence-electron chi connectivity index (χ0n) is 19.5. The number of likely N-dealkylation sites (N-methyl/N-ethyl adjacent to an activating group) is 1. The first-order chi connectivity index (χ1) is 16.3. The summed E-state index contributed by atoms with van der Waals surface area (Å²) in [5.41, 5.74) is 6.77. The van der Waals surface area contributed by atoms with E-state index < -0.39 is 11.9 Å². The quantitative estimate of drug-likeness (QED) is 0.101. The number of hydrazine groups is 1. The molecule has 0 aliphatic rings. The standard InChI is InChI=1S/C23H30N8O3/c1-30(2)20-12-19-18(27-23(34)28-19)11-16(20)9-10-17(14-32)26-22(33)21(31(3)24)29-25-13-15-7-5-4-6-8-15/h4-8,11-12,14,17,25H,9-10,13,24H2,1-3H3,(H,26,33)(H2,27,28,34)/b29-21-/t17-/m0/s1. The van der Waals surface area contributed by atoms with E-state index in [1.54, 1.807) is 0 Å². The summed E-state index contributed by atoms with van der Waals surface area (Å²) in [6.45, 7) is 0.416. The topological polar surface area (TPSA) is 152 Å². The molecule has 1 aromatic heterocycles. The highest BCUT2D eigenvalue weighted by atomic mass is 16.2. The van der Waals surface area contributed by atoms with Gasteiger partial charge in [-0.05, 0) is 36.1 Å². The third-order valence-electron chi connectivity index (χ3n) is 5.25. The molecule has 0 saturated carbocycles. The number of carbonyl (C=O) groups is 2. The number of benzene rings is 2. The second-order valence-electron chi connectivity index (χ2n) is 8.12. The Morgan fingerprint density at radius 1 is 1.15 bits per heavy atom. The average Bonchev–Trinajstić information content (AvgIpc) is 3.17. The maximum atomic E-state index is 12.7. The molecule has 1 heterocycles. The fraction of sp³-hybridized carbons (Fsp3) is 0.304. The summed E-state index contributed by atoms with van der Waals surface area (Å²) in [5, 5.41) is 7.87. The van der Waals surface area contributed by atoms with Crippen LogP contribution in [0.15, 0.2) is 52.4 Å². The molecule has 0 bridgehead atoms. The lowest BCUT2D eigenvalue weighted by Crippen LogP contribution is -2.49. The van der Waals surface area contributed by atoms with Gasteiger partial charge in [0.05, 0.1) is 23.6 Å². The van der Waals surface area contributed by atoms with Crippen molar-refractivity contribution in [2.75, 3.05) is 26.0 Å². The van der Waals surface area contributed by atoms with Gasteiger partial charge in [-0.3, -0.25) is 9.80 Å². The fourth-order valence-electron chi connectivity index (χ4n) is 3.54. The largest absolute Gasteiger partial charge is 0.377 e. The molecule has 0 fully saturated rings. The van der Waals surface area contributed by atoms with Crippen molar-refractivity contribution < 1.29 is 9.59 Å². The van der Waals surface area contributed by atoms with Crippen molar-refractivity contribution in [3.8, 4) is 0 Å². The van der Waals surface area contributed by atoms with Crippen molar-refractivity contribution in [2.24, 2.45) is 10.9 Å². The number of imidazole rings is 1. The van der Waals surface area contributed by atoms with Gasteiger partial charge < -0.3 is 30.4 Å². The number of fused-ring (bicyclic) bond motifs is 1. The van der Waals surface area contributed by atoms with Crippen LogP contribution in [0, 0.1) is 0 Å². The van der Waals surface area contributed by atoms with Gasteiger partial charge in [0, 0.05) is 26.8 Å². The number of amidine groups is 1. The zero-order valence-corrected chi connectivity index (χ0v) is 19.5. The van der Waals surface area contributed by atoms with Crippen LogP contribution in [0.4, 0.5) is 5.69 Å². The molecule has 180 valence electrons. The van der Waals surface area contributed by atoms with E-state index in [1.165, 1.54) is 7.05 Å². The summed E-state index contributed by atoms with van der Waals surface area (Å²) in [4.78, 5) is 43.5. The van der Waals surface area contributed by atoms with Crippen LogP contribution in [0.2, 0.25) is 0 Å². The van der Waals surface area contributed by atoms with E-state index in [-0.39, 0.29) is 11.5 Å². The Hall–Kier alpha value is -4.12. The number of hydrogen-bond donors (Lipinski definition) is 5. The highest BCUT2D eigenvalue weighted by Gasteiger charge is 2.20. The number of H-pyrrole nitrogens is 2. The summed E-state index contributed by atoms with van der Waals surface area (Å²) in [6, 6.07) is 12.6. The van der Waals surface area contributed by atoms with E-state index in [2.05, 4.69) is 25.8 Å². The van der Waals surface area contributed by atoms with Gasteiger partial charge in [-0.2, -0.15) is 5.10 Å². The van der Waals surface area contributed by atoms with Gasteiger partial charge in [0.2, 0.25) is 5.84 Å². The maximum Gasteiger partial charge on any atom is 0.323 e. The molecule has 3 rings (SSSR count). The predicted octanol–water partition coefficient (Wildman–Crippen LogP) is 0.447. The molecule has 34 heavy (non-hydrogen) atoms. The zero-order chi connectivity index (χ0) is 24.7. The molecule has 3 aromatic rings. The number of anilines is 1. The second-order valence-corrected chi connectivity index (χ2v) is 8.12. The first kappa shape index (κ1) is 24.5. The number of nitrogens with zero attached hydrogens (tertiary/aromatic N) is 3. The van der Waals surface area contributed by atoms with E-state index in [9.17, 15) is 14.4 Å². The van der Waals surface area contributed by atoms with Gasteiger partial charge in [-0.25, -0.2) is 10.6 Å². The Bertz CT molecular complexity index is 1210. The average molecular weight is 467 g/mol. The highest BCUT2D eigenvalue weighted by Crippen LogP contribution is 2.25. The van der Waals surface area contributed by atoms with Crippen LogP contribution in [0.3, 0.4) is 0 Å². The van der Waals surface area contributed by atoms with E-state index >= 15 is 0 Å². The van der Waals surface area contributed by atoms with Crippen molar-refractivity contribution >= 4 is 34.7 Å².